The third-order valence-corrected chi connectivity index (χ3v) is 11.8. The van der Waals surface area contributed by atoms with Crippen LogP contribution in [0, 0.1) is 22.8 Å². The molecule has 5 heteroatoms. The van der Waals surface area contributed by atoms with Gasteiger partial charge in [-0.1, -0.05) is 124 Å². The van der Waals surface area contributed by atoms with Crippen LogP contribution in [0.25, 0.3) is 43.2 Å². The van der Waals surface area contributed by atoms with Gasteiger partial charge in [0.25, 0.3) is 0 Å². The molecule has 2 heterocycles. The van der Waals surface area contributed by atoms with Gasteiger partial charge in [-0.2, -0.15) is 0 Å². The first kappa shape index (κ1) is 42.3. The van der Waals surface area contributed by atoms with Gasteiger partial charge in [0.15, 0.2) is 5.78 Å². The molecule has 2 aromatic heterocycles. The van der Waals surface area contributed by atoms with E-state index in [1.807, 2.05) is 59.1 Å². The molecule has 5 aromatic rings. The molecular weight excluding hydrogens is 823 g/mol. The van der Waals surface area contributed by atoms with Gasteiger partial charge in [0.2, 0.25) is 0 Å². The van der Waals surface area contributed by atoms with Crippen LogP contribution in [0.1, 0.15) is 113 Å². The Morgan fingerprint density at radius 3 is 2.12 bits per heavy atom. The zero-order valence-electron chi connectivity index (χ0n) is 32.7. The number of hydrogen-bond donors (Lipinski definition) is 1. The Balaban J connectivity index is 0.000000335. The molecule has 0 fully saturated rings. The second-order valence-corrected chi connectivity index (χ2v) is 16.7. The number of allylic oxidation sites excluding steroid dienone is 2. The minimum atomic E-state index is -0.337. The van der Waals surface area contributed by atoms with E-state index in [2.05, 4.69) is 107 Å². The fraction of sp³-hybridized carbons (Fsp3) is 0.435. The molecule has 5 rings (SSSR count). The second-order valence-electron chi connectivity index (χ2n) is 15.8. The zero-order valence-corrected chi connectivity index (χ0v) is 35.9. The summed E-state index contributed by atoms with van der Waals surface area (Å²) >= 11 is 1.83. The van der Waals surface area contributed by atoms with Gasteiger partial charge in [0.05, 0.1) is 0 Å². The van der Waals surface area contributed by atoms with Crippen molar-refractivity contribution >= 4 is 38.0 Å². The van der Waals surface area contributed by atoms with Crippen LogP contribution in [-0.2, 0) is 36.7 Å². The van der Waals surface area contributed by atoms with E-state index in [1.165, 1.54) is 43.8 Å². The number of carbonyl (C=O) groups excluding carboxylic acids is 1. The number of fused-ring (bicyclic) bond motifs is 2. The molecule has 0 unspecified atom stereocenters. The fourth-order valence-corrected chi connectivity index (χ4v) is 7.36. The standard InChI is InChI=1S/C31H30NS.C15H28O2.Ir/c1-20(2)16-22-10-11-26(30-27(22)13-15-33-30)23-12-14-32-29(19-23)24-17-21-8-6-7-9-25(21)28(18-24)31(3,4)5;1-7-14(5,8-2)12(16)11-13(17)15(6,9-3)10-4;/h6-15,18-20H,16H2,1-5H3;11,16H,7-10H2,1-6H3;/q-1;;/b;12-11-;. The van der Waals surface area contributed by atoms with Crippen molar-refractivity contribution in [2.45, 2.75) is 114 Å². The number of benzene rings is 3. The summed E-state index contributed by atoms with van der Waals surface area (Å²) in [5.41, 5.74) is 6.73. The summed E-state index contributed by atoms with van der Waals surface area (Å²) in [6.45, 7) is 23.5. The van der Waals surface area contributed by atoms with Crippen molar-refractivity contribution in [2.75, 3.05) is 0 Å². The van der Waals surface area contributed by atoms with Crippen molar-refractivity contribution in [3.8, 4) is 22.4 Å². The van der Waals surface area contributed by atoms with Crippen LogP contribution in [0.3, 0.4) is 0 Å². The summed E-state index contributed by atoms with van der Waals surface area (Å²) < 4.78 is 1.36. The molecule has 1 N–H and O–H groups in total. The quantitative estimate of drug-likeness (QED) is 0.0817. The third-order valence-electron chi connectivity index (χ3n) is 10.9. The Morgan fingerprint density at radius 1 is 0.863 bits per heavy atom. The van der Waals surface area contributed by atoms with Crippen molar-refractivity contribution in [3.05, 3.63) is 101 Å². The largest absolute Gasteiger partial charge is 0.512 e. The Bertz CT molecular complexity index is 1950. The maximum Gasteiger partial charge on any atom is 0.164 e. The molecule has 0 saturated heterocycles. The molecule has 0 aliphatic carbocycles. The number of aliphatic hydroxyl groups excluding tert-OH is 1. The first-order valence-electron chi connectivity index (χ1n) is 18.5. The van der Waals surface area contributed by atoms with Crippen LogP contribution in [0.2, 0.25) is 0 Å². The Labute approximate surface area is 325 Å². The van der Waals surface area contributed by atoms with Crippen molar-refractivity contribution < 1.29 is 30.0 Å². The number of thiophene rings is 1. The van der Waals surface area contributed by atoms with E-state index in [-0.39, 0.29) is 47.9 Å². The van der Waals surface area contributed by atoms with Crippen molar-refractivity contribution in [1.82, 2.24) is 4.98 Å². The Hall–Kier alpha value is -3.11. The molecule has 51 heavy (non-hydrogen) atoms. The van der Waals surface area contributed by atoms with E-state index < -0.39 is 0 Å². The first-order valence-corrected chi connectivity index (χ1v) is 19.4. The predicted octanol–water partition coefficient (Wildman–Crippen LogP) is 13.7. The number of aromatic nitrogens is 1. The van der Waals surface area contributed by atoms with Gasteiger partial charge in [0, 0.05) is 53.6 Å². The summed E-state index contributed by atoms with van der Waals surface area (Å²) in [4.78, 5) is 16.9. The monoisotopic (exact) mass is 881 g/mol. The Kier molecular flexibility index (Phi) is 14.6. The average molecular weight is 881 g/mol. The molecule has 1 radical (unpaired) electrons. The van der Waals surface area contributed by atoms with Gasteiger partial charge in [-0.05, 0) is 83.0 Å². The molecule has 0 atom stereocenters. The average Bonchev–Trinajstić information content (AvgIpc) is 3.61. The molecule has 0 spiro atoms. The summed E-state index contributed by atoms with van der Waals surface area (Å²) in [5, 5.41) is 16.1. The predicted molar refractivity (Wildman–Crippen MR) is 217 cm³/mol. The number of nitrogens with zero attached hydrogens (tertiary/aromatic N) is 1. The molecule has 0 aliphatic rings. The third kappa shape index (κ3) is 9.66. The minimum Gasteiger partial charge on any atom is -0.512 e. The number of pyridine rings is 1. The number of ketones is 1. The molecule has 3 aromatic carbocycles. The van der Waals surface area contributed by atoms with Gasteiger partial charge >= 0.3 is 0 Å². The van der Waals surface area contributed by atoms with Crippen LogP contribution >= 0.6 is 11.3 Å². The molecule has 3 nitrogen and oxygen atoms in total. The SMILES string of the molecule is CC(C)Cc1ccc(-c2ccnc(-c3[c-]c4ccccc4c(C(C)(C)C)c3)c2)c2sccc12.CCC(C)(CC)C(=O)/C=C(\O)C(C)(CC)CC.[Ir]. The molecule has 275 valence electrons. The van der Waals surface area contributed by atoms with Crippen LogP contribution in [-0.4, -0.2) is 15.9 Å². The second kappa shape index (κ2) is 17.6. The summed E-state index contributed by atoms with van der Waals surface area (Å²) in [6, 6.07) is 25.7. The molecule has 0 saturated carbocycles. The topological polar surface area (TPSA) is 50.2 Å². The van der Waals surface area contributed by atoms with Crippen LogP contribution in [0.15, 0.2) is 84.1 Å². The first-order chi connectivity index (χ1) is 23.6. The Morgan fingerprint density at radius 2 is 1.51 bits per heavy atom. The van der Waals surface area contributed by atoms with E-state index in [9.17, 15) is 9.90 Å². The maximum atomic E-state index is 12.2. The van der Waals surface area contributed by atoms with Crippen LogP contribution in [0.4, 0.5) is 0 Å². The van der Waals surface area contributed by atoms with Crippen molar-refractivity contribution in [1.29, 1.82) is 0 Å². The normalized spacial score (nSPS) is 12.5. The van der Waals surface area contributed by atoms with Gasteiger partial charge < -0.3 is 5.11 Å². The summed E-state index contributed by atoms with van der Waals surface area (Å²) in [5.74, 6) is 0.931. The van der Waals surface area contributed by atoms with Crippen LogP contribution in [0.5, 0.6) is 0 Å². The van der Waals surface area contributed by atoms with Crippen molar-refractivity contribution in [2.24, 2.45) is 16.7 Å². The maximum absolute atomic E-state index is 12.2. The van der Waals surface area contributed by atoms with Crippen molar-refractivity contribution in [3.63, 3.8) is 0 Å². The molecular formula is C46H58IrNO2S-. The van der Waals surface area contributed by atoms with Gasteiger partial charge in [-0.3, -0.25) is 9.78 Å². The van der Waals surface area contributed by atoms with Gasteiger partial charge in [-0.25, -0.2) is 0 Å². The molecule has 0 amide bonds. The fourth-order valence-electron chi connectivity index (χ4n) is 6.38. The molecule has 0 aliphatic heterocycles. The number of aliphatic hydroxyl groups is 1. The van der Waals surface area contributed by atoms with E-state index in [0.29, 0.717) is 5.92 Å². The van der Waals surface area contributed by atoms with E-state index in [4.69, 9.17) is 4.98 Å². The number of rotatable bonds is 11. The van der Waals surface area contributed by atoms with Crippen LogP contribution < -0.4 is 0 Å². The summed E-state index contributed by atoms with van der Waals surface area (Å²) in [6.07, 6.45) is 7.80. The minimum absolute atomic E-state index is 0. The van der Waals surface area contributed by atoms with E-state index in [1.54, 1.807) is 0 Å². The van der Waals surface area contributed by atoms with E-state index >= 15 is 0 Å². The number of carbonyl (C=O) groups is 1. The van der Waals surface area contributed by atoms with Gasteiger partial charge in [0.1, 0.15) is 5.76 Å². The number of hydrogen-bond acceptors (Lipinski definition) is 4. The molecule has 0 bridgehead atoms. The summed E-state index contributed by atoms with van der Waals surface area (Å²) in [7, 11) is 0. The zero-order chi connectivity index (χ0) is 36.9. The van der Waals surface area contributed by atoms with Gasteiger partial charge in [-0.15, -0.1) is 40.5 Å². The smallest absolute Gasteiger partial charge is 0.164 e. The van der Waals surface area contributed by atoms with E-state index in [0.717, 1.165) is 48.7 Å².